The molecule has 4 nitrogen and oxygen atoms in total. The Morgan fingerprint density at radius 3 is 2.15 bits per heavy atom. The minimum absolute atomic E-state index is 0.275. The normalized spacial score (nSPS) is 11.3. The van der Waals surface area contributed by atoms with Crippen LogP contribution in [0.5, 0.6) is 5.75 Å². The molecule has 0 saturated carbocycles. The van der Waals surface area contributed by atoms with Crippen molar-refractivity contribution in [3.63, 3.8) is 0 Å². The maximum atomic E-state index is 12.2. The van der Waals surface area contributed by atoms with Crippen molar-refractivity contribution in [3.05, 3.63) is 66.0 Å². The van der Waals surface area contributed by atoms with Crippen molar-refractivity contribution >= 4 is 11.5 Å². The van der Waals surface area contributed by atoms with Crippen molar-refractivity contribution in [1.29, 1.82) is 0 Å². The molecule has 0 aliphatic rings. The molecule has 3 aromatic rings. The molecule has 0 bridgehead atoms. The van der Waals surface area contributed by atoms with E-state index < -0.39 is 6.36 Å². The van der Waals surface area contributed by atoms with Crippen LogP contribution in [0.4, 0.5) is 24.7 Å². The monoisotopic (exact) mass is 359 g/mol. The minimum Gasteiger partial charge on any atom is -0.406 e. The summed E-state index contributed by atoms with van der Waals surface area (Å²) in [5.74, 6) is 0.308. The molecule has 0 spiro atoms. The molecule has 0 amide bonds. The van der Waals surface area contributed by atoms with E-state index in [9.17, 15) is 13.2 Å². The van der Waals surface area contributed by atoms with Crippen LogP contribution < -0.4 is 10.1 Å². The Labute approximate surface area is 148 Å². The fourth-order valence-electron chi connectivity index (χ4n) is 2.46. The number of nitrogens with one attached hydrogen (secondary N) is 1. The van der Waals surface area contributed by atoms with Crippen LogP contribution in [-0.2, 0) is 0 Å². The summed E-state index contributed by atoms with van der Waals surface area (Å²) in [7, 11) is 0. The Balaban J connectivity index is 1.82. The quantitative estimate of drug-likeness (QED) is 0.677. The van der Waals surface area contributed by atoms with Gasteiger partial charge in [0.2, 0.25) is 0 Å². The molecule has 0 unspecified atom stereocenters. The Morgan fingerprint density at radius 1 is 0.885 bits per heavy atom. The van der Waals surface area contributed by atoms with Gasteiger partial charge in [0.05, 0.1) is 5.69 Å². The lowest BCUT2D eigenvalue weighted by molar-refractivity contribution is -0.274. The van der Waals surface area contributed by atoms with E-state index in [0.717, 1.165) is 22.4 Å². The molecule has 0 radical (unpaired) electrons. The molecule has 3 rings (SSSR count). The molecule has 0 saturated heterocycles. The predicted octanol–water partition coefficient (Wildman–Crippen LogP) is 5.40. The number of aromatic nitrogens is 2. The smallest absolute Gasteiger partial charge is 0.406 e. The van der Waals surface area contributed by atoms with E-state index in [1.165, 1.54) is 30.6 Å². The van der Waals surface area contributed by atoms with Gasteiger partial charge in [-0.05, 0) is 38.1 Å². The molecule has 1 heterocycles. The van der Waals surface area contributed by atoms with Gasteiger partial charge in [0.15, 0.2) is 0 Å². The van der Waals surface area contributed by atoms with E-state index >= 15 is 0 Å². The fraction of sp³-hybridized carbons (Fsp3) is 0.158. The van der Waals surface area contributed by atoms with Crippen LogP contribution in [0.25, 0.3) is 11.3 Å². The highest BCUT2D eigenvalue weighted by Crippen LogP contribution is 2.28. The SMILES string of the molecule is Cc1ccc(-c2ncnc(Nc3ccc(OC(F)(F)F)cc3)c2C)cc1. The van der Waals surface area contributed by atoms with Crippen molar-refractivity contribution in [2.45, 2.75) is 20.2 Å². The number of rotatable bonds is 4. The highest BCUT2D eigenvalue weighted by Gasteiger charge is 2.30. The van der Waals surface area contributed by atoms with E-state index in [1.54, 1.807) is 0 Å². The summed E-state index contributed by atoms with van der Waals surface area (Å²) in [6, 6.07) is 13.4. The maximum absolute atomic E-state index is 12.2. The Bertz CT molecular complexity index is 891. The number of alkyl halides is 3. The number of hydrogen-bond acceptors (Lipinski definition) is 4. The molecule has 0 aliphatic carbocycles. The van der Waals surface area contributed by atoms with Gasteiger partial charge in [0.1, 0.15) is 17.9 Å². The van der Waals surface area contributed by atoms with Gasteiger partial charge in [0, 0.05) is 16.8 Å². The molecular formula is C19H16F3N3O. The summed E-state index contributed by atoms with van der Waals surface area (Å²) in [5, 5.41) is 3.10. The number of ether oxygens (including phenoxy) is 1. The summed E-state index contributed by atoms with van der Waals surface area (Å²) in [5.41, 5.74) is 4.34. The van der Waals surface area contributed by atoms with Gasteiger partial charge in [0.25, 0.3) is 0 Å². The second-order valence-corrected chi connectivity index (χ2v) is 5.76. The van der Waals surface area contributed by atoms with Crippen molar-refractivity contribution in [2.24, 2.45) is 0 Å². The number of hydrogen-bond donors (Lipinski definition) is 1. The molecule has 0 aliphatic heterocycles. The zero-order valence-corrected chi connectivity index (χ0v) is 14.1. The Morgan fingerprint density at radius 2 is 1.54 bits per heavy atom. The zero-order valence-electron chi connectivity index (χ0n) is 14.1. The van der Waals surface area contributed by atoms with Gasteiger partial charge in [-0.25, -0.2) is 9.97 Å². The first-order valence-corrected chi connectivity index (χ1v) is 7.83. The lowest BCUT2D eigenvalue weighted by Crippen LogP contribution is -2.17. The summed E-state index contributed by atoms with van der Waals surface area (Å²) in [6.45, 7) is 3.90. The molecular weight excluding hydrogens is 343 g/mol. The van der Waals surface area contributed by atoms with Crippen LogP contribution in [0.15, 0.2) is 54.9 Å². The van der Waals surface area contributed by atoms with Crippen molar-refractivity contribution < 1.29 is 17.9 Å². The van der Waals surface area contributed by atoms with Gasteiger partial charge in [-0.3, -0.25) is 0 Å². The number of halogens is 3. The first-order valence-electron chi connectivity index (χ1n) is 7.83. The second kappa shape index (κ2) is 7.03. The first kappa shape index (κ1) is 17.7. The van der Waals surface area contributed by atoms with Crippen molar-refractivity contribution in [1.82, 2.24) is 9.97 Å². The van der Waals surface area contributed by atoms with E-state index in [4.69, 9.17) is 0 Å². The fourth-order valence-corrected chi connectivity index (χ4v) is 2.46. The van der Waals surface area contributed by atoms with Crippen LogP contribution in [0, 0.1) is 13.8 Å². The Hall–Kier alpha value is -3.09. The average molecular weight is 359 g/mol. The third kappa shape index (κ3) is 4.30. The highest BCUT2D eigenvalue weighted by atomic mass is 19.4. The first-order chi connectivity index (χ1) is 12.3. The molecule has 2 aromatic carbocycles. The van der Waals surface area contributed by atoms with Crippen LogP contribution in [-0.4, -0.2) is 16.3 Å². The van der Waals surface area contributed by atoms with Crippen LogP contribution in [0.2, 0.25) is 0 Å². The third-order valence-electron chi connectivity index (χ3n) is 3.76. The van der Waals surface area contributed by atoms with E-state index in [-0.39, 0.29) is 5.75 Å². The number of anilines is 2. The molecule has 1 N–H and O–H groups in total. The summed E-state index contributed by atoms with van der Waals surface area (Å²) in [6.07, 6.45) is -3.26. The minimum atomic E-state index is -4.71. The van der Waals surface area contributed by atoms with Crippen LogP contribution >= 0.6 is 0 Å². The summed E-state index contributed by atoms with van der Waals surface area (Å²) >= 11 is 0. The van der Waals surface area contributed by atoms with Crippen LogP contribution in [0.3, 0.4) is 0 Å². The number of benzene rings is 2. The molecule has 134 valence electrons. The van der Waals surface area contributed by atoms with Gasteiger partial charge in [-0.1, -0.05) is 29.8 Å². The zero-order chi connectivity index (χ0) is 18.7. The lowest BCUT2D eigenvalue weighted by Gasteiger charge is -2.13. The van der Waals surface area contributed by atoms with Gasteiger partial charge >= 0.3 is 6.36 Å². The lowest BCUT2D eigenvalue weighted by atomic mass is 10.1. The molecule has 0 atom stereocenters. The van der Waals surface area contributed by atoms with Crippen molar-refractivity contribution in [3.8, 4) is 17.0 Å². The van der Waals surface area contributed by atoms with E-state index in [2.05, 4.69) is 20.0 Å². The topological polar surface area (TPSA) is 47.0 Å². The molecule has 1 aromatic heterocycles. The van der Waals surface area contributed by atoms with Crippen molar-refractivity contribution in [2.75, 3.05) is 5.32 Å². The van der Waals surface area contributed by atoms with E-state index in [0.29, 0.717) is 11.5 Å². The average Bonchev–Trinajstić information content (AvgIpc) is 2.58. The standard InChI is InChI=1S/C19H16F3N3O/c1-12-3-5-14(6-4-12)17-13(2)18(24-11-23-17)25-15-7-9-16(10-8-15)26-19(20,21)22/h3-11H,1-2H3,(H,23,24,25). The maximum Gasteiger partial charge on any atom is 0.573 e. The largest absolute Gasteiger partial charge is 0.573 e. The van der Waals surface area contributed by atoms with Crippen LogP contribution in [0.1, 0.15) is 11.1 Å². The molecule has 26 heavy (non-hydrogen) atoms. The molecule has 7 heteroatoms. The highest BCUT2D eigenvalue weighted by molar-refractivity contribution is 5.70. The summed E-state index contributed by atoms with van der Waals surface area (Å²) in [4.78, 5) is 8.56. The van der Waals surface area contributed by atoms with Gasteiger partial charge in [-0.2, -0.15) is 0 Å². The predicted molar refractivity (Wildman–Crippen MR) is 93.3 cm³/mol. The Kier molecular flexibility index (Phi) is 4.79. The summed E-state index contributed by atoms with van der Waals surface area (Å²) < 4.78 is 40.5. The third-order valence-corrected chi connectivity index (χ3v) is 3.76. The second-order valence-electron chi connectivity index (χ2n) is 5.76. The molecule has 0 fully saturated rings. The number of aryl methyl sites for hydroxylation is 1. The van der Waals surface area contributed by atoms with E-state index in [1.807, 2.05) is 38.1 Å². The van der Waals surface area contributed by atoms with Gasteiger partial charge < -0.3 is 10.1 Å². The number of nitrogens with zero attached hydrogens (tertiary/aromatic N) is 2. The van der Waals surface area contributed by atoms with Gasteiger partial charge in [-0.15, -0.1) is 13.2 Å².